The third-order valence-electron chi connectivity index (χ3n) is 5.70. The average molecular weight is 441 g/mol. The predicted octanol–water partition coefficient (Wildman–Crippen LogP) is 6.83. The lowest BCUT2D eigenvalue weighted by Crippen LogP contribution is -2.33. The molecule has 0 N–H and O–H groups in total. The fourth-order valence-corrected chi connectivity index (χ4v) is 4.06. The van der Waals surface area contributed by atoms with Crippen molar-refractivity contribution in [3.63, 3.8) is 0 Å². The Morgan fingerprint density at radius 3 is 1.88 bits per heavy atom. The van der Waals surface area contributed by atoms with E-state index in [1.807, 2.05) is 24.3 Å². The highest BCUT2D eigenvalue weighted by atomic mass is 19.4. The van der Waals surface area contributed by atoms with Gasteiger partial charge in [-0.2, -0.15) is 0 Å². The largest absolute Gasteiger partial charge is 0.573 e. The van der Waals surface area contributed by atoms with Crippen molar-refractivity contribution in [3.05, 3.63) is 90.0 Å². The third kappa shape index (κ3) is 6.76. The van der Waals surface area contributed by atoms with Crippen LogP contribution in [-0.4, -0.2) is 24.4 Å². The molecule has 32 heavy (non-hydrogen) atoms. The minimum absolute atomic E-state index is 0.271. The maximum atomic E-state index is 12.2. The van der Waals surface area contributed by atoms with E-state index in [0.717, 1.165) is 32.0 Å². The molecule has 0 bridgehead atoms. The lowest BCUT2D eigenvalue weighted by atomic mass is 9.90. The van der Waals surface area contributed by atoms with Crippen molar-refractivity contribution in [2.75, 3.05) is 13.1 Å². The number of ether oxygens (including phenoxy) is 2. The standard InChI is InChI=1S/C26H26F3NO2/c27-26(28,29)32-25-12-10-24(11-13-25)31-23-8-6-22(7-9-23)19-30-16-14-21(15-17-30)18-20-4-2-1-3-5-20/h1-13,21H,14-19H2. The van der Waals surface area contributed by atoms with Crippen molar-refractivity contribution < 1.29 is 22.6 Å². The molecule has 1 heterocycles. The molecule has 168 valence electrons. The first-order valence-corrected chi connectivity index (χ1v) is 10.8. The molecule has 0 radical (unpaired) electrons. The van der Waals surface area contributed by atoms with Crippen molar-refractivity contribution in [3.8, 4) is 17.2 Å². The number of benzene rings is 3. The van der Waals surface area contributed by atoms with Crippen LogP contribution in [0.1, 0.15) is 24.0 Å². The van der Waals surface area contributed by atoms with Crippen LogP contribution in [0, 0.1) is 5.92 Å². The maximum absolute atomic E-state index is 12.2. The molecule has 3 aromatic carbocycles. The molecule has 1 fully saturated rings. The summed E-state index contributed by atoms with van der Waals surface area (Å²) in [4.78, 5) is 2.48. The molecule has 0 aliphatic carbocycles. The van der Waals surface area contributed by atoms with Gasteiger partial charge in [-0.25, -0.2) is 0 Å². The van der Waals surface area contributed by atoms with Crippen LogP contribution in [-0.2, 0) is 13.0 Å². The number of hydrogen-bond acceptors (Lipinski definition) is 3. The van der Waals surface area contributed by atoms with Crippen LogP contribution in [0.25, 0.3) is 0 Å². The molecular weight excluding hydrogens is 415 g/mol. The fourth-order valence-electron chi connectivity index (χ4n) is 4.06. The average Bonchev–Trinajstić information content (AvgIpc) is 2.78. The normalized spacial score (nSPS) is 15.5. The van der Waals surface area contributed by atoms with Gasteiger partial charge in [-0.15, -0.1) is 13.2 Å². The lowest BCUT2D eigenvalue weighted by Gasteiger charge is -2.32. The van der Waals surface area contributed by atoms with E-state index in [2.05, 4.69) is 40.0 Å². The lowest BCUT2D eigenvalue weighted by molar-refractivity contribution is -0.274. The zero-order valence-electron chi connectivity index (χ0n) is 17.7. The minimum Gasteiger partial charge on any atom is -0.457 e. The Morgan fingerprint density at radius 2 is 1.28 bits per heavy atom. The Bertz CT molecular complexity index is 965. The molecule has 1 aliphatic heterocycles. The van der Waals surface area contributed by atoms with E-state index >= 15 is 0 Å². The molecule has 0 atom stereocenters. The van der Waals surface area contributed by atoms with Gasteiger partial charge in [-0.05, 0) is 85.8 Å². The number of piperidine rings is 1. The Hall–Kier alpha value is -2.99. The SMILES string of the molecule is FC(F)(F)Oc1ccc(Oc2ccc(CN3CCC(Cc4ccccc4)CC3)cc2)cc1. The van der Waals surface area contributed by atoms with Crippen molar-refractivity contribution in [1.82, 2.24) is 4.90 Å². The summed E-state index contributed by atoms with van der Waals surface area (Å²) in [6.07, 6.45) is -1.12. The summed E-state index contributed by atoms with van der Waals surface area (Å²) in [7, 11) is 0. The van der Waals surface area contributed by atoms with Crippen LogP contribution >= 0.6 is 0 Å². The Morgan fingerprint density at radius 1 is 0.719 bits per heavy atom. The molecule has 3 nitrogen and oxygen atoms in total. The zero-order valence-corrected chi connectivity index (χ0v) is 17.7. The Labute approximate surface area is 186 Å². The third-order valence-corrected chi connectivity index (χ3v) is 5.70. The first-order chi connectivity index (χ1) is 15.4. The molecule has 0 unspecified atom stereocenters. The van der Waals surface area contributed by atoms with Gasteiger partial charge < -0.3 is 9.47 Å². The van der Waals surface area contributed by atoms with Crippen LogP contribution in [0.3, 0.4) is 0 Å². The van der Waals surface area contributed by atoms with E-state index in [9.17, 15) is 13.2 Å². The summed E-state index contributed by atoms with van der Waals surface area (Å²) in [6.45, 7) is 3.10. The van der Waals surface area contributed by atoms with Crippen LogP contribution < -0.4 is 9.47 Å². The summed E-state index contributed by atoms with van der Waals surface area (Å²) in [6, 6.07) is 23.9. The minimum atomic E-state index is -4.70. The summed E-state index contributed by atoms with van der Waals surface area (Å²) >= 11 is 0. The first-order valence-electron chi connectivity index (χ1n) is 10.8. The molecule has 6 heteroatoms. The van der Waals surface area contributed by atoms with Crippen molar-refractivity contribution in [2.24, 2.45) is 5.92 Å². The van der Waals surface area contributed by atoms with Crippen molar-refractivity contribution >= 4 is 0 Å². The van der Waals surface area contributed by atoms with Crippen LogP contribution in [0.5, 0.6) is 17.2 Å². The smallest absolute Gasteiger partial charge is 0.457 e. The number of likely N-dealkylation sites (tertiary alicyclic amines) is 1. The molecule has 1 aliphatic rings. The highest BCUT2D eigenvalue weighted by Gasteiger charge is 2.31. The monoisotopic (exact) mass is 441 g/mol. The van der Waals surface area contributed by atoms with Gasteiger partial charge in [0.2, 0.25) is 0 Å². The second-order valence-electron chi connectivity index (χ2n) is 8.17. The van der Waals surface area contributed by atoms with Gasteiger partial charge >= 0.3 is 6.36 Å². The predicted molar refractivity (Wildman–Crippen MR) is 118 cm³/mol. The maximum Gasteiger partial charge on any atom is 0.573 e. The molecule has 1 saturated heterocycles. The molecular formula is C26H26F3NO2. The zero-order chi connectivity index (χ0) is 22.4. The molecule has 0 aromatic heterocycles. The number of nitrogens with zero attached hydrogens (tertiary/aromatic N) is 1. The van der Waals surface area contributed by atoms with Crippen molar-refractivity contribution in [1.29, 1.82) is 0 Å². The van der Waals surface area contributed by atoms with Gasteiger partial charge in [0.05, 0.1) is 0 Å². The van der Waals surface area contributed by atoms with Gasteiger partial charge in [0.25, 0.3) is 0 Å². The van der Waals surface area contributed by atoms with Crippen LogP contribution in [0.4, 0.5) is 13.2 Å². The van der Waals surface area contributed by atoms with E-state index in [1.54, 1.807) is 0 Å². The van der Waals surface area contributed by atoms with E-state index in [4.69, 9.17) is 4.74 Å². The van der Waals surface area contributed by atoms with E-state index < -0.39 is 6.36 Å². The summed E-state index contributed by atoms with van der Waals surface area (Å²) in [5.41, 5.74) is 2.64. The van der Waals surface area contributed by atoms with Gasteiger partial charge in [0, 0.05) is 6.54 Å². The number of alkyl halides is 3. The number of halogens is 3. The molecule has 0 amide bonds. The van der Waals surface area contributed by atoms with E-state index in [0.29, 0.717) is 11.5 Å². The van der Waals surface area contributed by atoms with Gasteiger partial charge in [0.1, 0.15) is 17.2 Å². The van der Waals surface area contributed by atoms with Crippen molar-refractivity contribution in [2.45, 2.75) is 32.2 Å². The Balaban J connectivity index is 1.24. The topological polar surface area (TPSA) is 21.7 Å². The van der Waals surface area contributed by atoms with Crippen LogP contribution in [0.15, 0.2) is 78.9 Å². The highest BCUT2D eigenvalue weighted by molar-refractivity contribution is 5.36. The van der Waals surface area contributed by atoms with E-state index in [1.165, 1.54) is 48.2 Å². The second-order valence-corrected chi connectivity index (χ2v) is 8.17. The molecule has 4 rings (SSSR count). The van der Waals surface area contributed by atoms with Gasteiger partial charge in [-0.1, -0.05) is 42.5 Å². The second kappa shape index (κ2) is 10.1. The van der Waals surface area contributed by atoms with Gasteiger partial charge in [0.15, 0.2) is 0 Å². The quantitative estimate of drug-likeness (QED) is 0.401. The summed E-state index contributed by atoms with van der Waals surface area (Å²) in [5.74, 6) is 1.57. The summed E-state index contributed by atoms with van der Waals surface area (Å²) < 4.78 is 46.3. The number of rotatable bonds is 7. The fraction of sp³-hybridized carbons (Fsp3) is 0.308. The molecule has 0 spiro atoms. The highest BCUT2D eigenvalue weighted by Crippen LogP contribution is 2.28. The molecule has 0 saturated carbocycles. The van der Waals surface area contributed by atoms with Crippen LogP contribution in [0.2, 0.25) is 0 Å². The molecule has 3 aromatic rings. The van der Waals surface area contributed by atoms with Gasteiger partial charge in [-0.3, -0.25) is 4.90 Å². The van der Waals surface area contributed by atoms with E-state index in [-0.39, 0.29) is 5.75 Å². The summed E-state index contributed by atoms with van der Waals surface area (Å²) in [5, 5.41) is 0. The Kier molecular flexibility index (Phi) is 7.00. The number of hydrogen-bond donors (Lipinski definition) is 0. The first kappa shape index (κ1) is 22.2.